The van der Waals surface area contributed by atoms with Gasteiger partial charge in [-0.3, -0.25) is 19.3 Å². The van der Waals surface area contributed by atoms with Gasteiger partial charge in [0.1, 0.15) is 23.8 Å². The molecular weight excluding hydrogens is 484 g/mol. The minimum Gasteiger partial charge on any atom is -0.494 e. The van der Waals surface area contributed by atoms with Crippen molar-refractivity contribution < 1.29 is 33.4 Å². The van der Waals surface area contributed by atoms with Crippen LogP contribution in [0.5, 0.6) is 5.75 Å². The number of carboxylic acid groups (broad SMARTS) is 1. The summed E-state index contributed by atoms with van der Waals surface area (Å²) in [6, 6.07) is 14.8. The van der Waals surface area contributed by atoms with Crippen molar-refractivity contribution >= 4 is 46.5 Å². The summed E-state index contributed by atoms with van der Waals surface area (Å²) in [5, 5.41) is 11.2. The number of hydrogen-bond acceptors (Lipinski definition) is 7. The number of anilines is 1. The van der Waals surface area contributed by atoms with Crippen LogP contribution in [0, 0.1) is 6.92 Å². The van der Waals surface area contributed by atoms with E-state index in [4.69, 9.17) is 14.3 Å². The summed E-state index contributed by atoms with van der Waals surface area (Å²) in [6.07, 6.45) is 1.44. The number of furan rings is 1. The molecule has 2 N–H and O–H groups in total. The Labute approximate surface area is 210 Å². The monoisotopic (exact) mass is 506 g/mol. The van der Waals surface area contributed by atoms with Gasteiger partial charge >= 0.3 is 5.97 Å². The van der Waals surface area contributed by atoms with Crippen molar-refractivity contribution in [3.05, 3.63) is 76.4 Å². The molecule has 1 aromatic heterocycles. The van der Waals surface area contributed by atoms with E-state index in [9.17, 15) is 19.2 Å². The molecule has 184 valence electrons. The van der Waals surface area contributed by atoms with E-state index >= 15 is 0 Å². The number of hydrogen-bond donors (Lipinski definition) is 2. The number of thioether (sulfide) groups is 1. The van der Waals surface area contributed by atoms with Gasteiger partial charge in [-0.1, -0.05) is 6.07 Å². The molecule has 3 aromatic rings. The first kappa shape index (κ1) is 24.8. The van der Waals surface area contributed by atoms with Gasteiger partial charge in [0.15, 0.2) is 0 Å². The molecule has 0 radical (unpaired) electrons. The van der Waals surface area contributed by atoms with Crippen LogP contribution >= 0.6 is 11.8 Å². The molecule has 1 fully saturated rings. The van der Waals surface area contributed by atoms with Crippen LogP contribution in [-0.2, 0) is 9.59 Å². The standard InChI is InChI=1S/C26H22N2O7S/c1-3-34-18-7-5-17(6-8-18)27-23(29)14-28-24(30)22(36-26(28)33)13-19-9-11-21(35-19)20-10-4-16(25(31)32)12-15(20)2/h4-13H,3,14H2,1-2H3,(H,27,29)(H,31,32)/b22-13-. The Morgan fingerprint density at radius 1 is 1.11 bits per heavy atom. The van der Waals surface area contributed by atoms with E-state index in [0.29, 0.717) is 35.1 Å². The van der Waals surface area contributed by atoms with E-state index in [0.717, 1.165) is 22.2 Å². The SMILES string of the molecule is CCOc1ccc(NC(=O)CN2C(=O)S/C(=C\c3ccc(-c4ccc(C(=O)O)cc4C)o3)C2=O)cc1. The Kier molecular flexibility index (Phi) is 7.25. The van der Waals surface area contributed by atoms with Gasteiger partial charge in [-0.25, -0.2) is 4.79 Å². The maximum Gasteiger partial charge on any atom is 0.335 e. The van der Waals surface area contributed by atoms with Crippen LogP contribution in [0.3, 0.4) is 0 Å². The maximum absolute atomic E-state index is 12.8. The minimum absolute atomic E-state index is 0.132. The normalized spacial score (nSPS) is 14.4. The number of benzene rings is 2. The third kappa shape index (κ3) is 5.49. The lowest BCUT2D eigenvalue weighted by molar-refractivity contribution is -0.127. The first-order chi connectivity index (χ1) is 17.2. The van der Waals surface area contributed by atoms with Crippen LogP contribution in [-0.4, -0.2) is 46.2 Å². The molecule has 2 aromatic carbocycles. The summed E-state index contributed by atoms with van der Waals surface area (Å²) in [7, 11) is 0. The topological polar surface area (TPSA) is 126 Å². The molecule has 0 spiro atoms. The first-order valence-electron chi connectivity index (χ1n) is 11.0. The Bertz CT molecular complexity index is 1380. The van der Waals surface area contributed by atoms with E-state index < -0.39 is 29.6 Å². The second-order valence-electron chi connectivity index (χ2n) is 7.81. The number of rotatable bonds is 8. The van der Waals surface area contributed by atoms with Crippen molar-refractivity contribution in [3.63, 3.8) is 0 Å². The molecule has 3 amide bonds. The number of carboxylic acids is 1. The van der Waals surface area contributed by atoms with Gasteiger partial charge in [-0.15, -0.1) is 0 Å². The summed E-state index contributed by atoms with van der Waals surface area (Å²) in [4.78, 5) is 49.8. The van der Waals surface area contributed by atoms with Crippen molar-refractivity contribution in [1.29, 1.82) is 0 Å². The molecule has 0 unspecified atom stereocenters. The van der Waals surface area contributed by atoms with Gasteiger partial charge in [0, 0.05) is 17.3 Å². The fourth-order valence-electron chi connectivity index (χ4n) is 3.56. The molecule has 4 rings (SSSR count). The highest BCUT2D eigenvalue weighted by atomic mass is 32.2. The zero-order valence-electron chi connectivity index (χ0n) is 19.4. The molecule has 2 heterocycles. The number of imide groups is 1. The van der Waals surface area contributed by atoms with E-state index in [2.05, 4.69) is 5.32 Å². The predicted octanol–water partition coefficient (Wildman–Crippen LogP) is 5.03. The molecule has 1 aliphatic heterocycles. The van der Waals surface area contributed by atoms with Crippen LogP contribution in [0.15, 0.2) is 63.9 Å². The Hall–Kier alpha value is -4.31. The van der Waals surface area contributed by atoms with Crippen molar-refractivity contribution in [2.24, 2.45) is 0 Å². The fourth-order valence-corrected chi connectivity index (χ4v) is 4.38. The van der Waals surface area contributed by atoms with Crippen LogP contribution < -0.4 is 10.1 Å². The summed E-state index contributed by atoms with van der Waals surface area (Å²) >= 11 is 0.722. The number of ether oxygens (including phenoxy) is 1. The molecule has 9 nitrogen and oxygen atoms in total. The molecular formula is C26H22N2O7S. The highest BCUT2D eigenvalue weighted by Gasteiger charge is 2.36. The fraction of sp³-hybridized carbons (Fsp3) is 0.154. The summed E-state index contributed by atoms with van der Waals surface area (Å²) in [6.45, 7) is 3.74. The number of amides is 3. The number of nitrogens with zero attached hydrogens (tertiary/aromatic N) is 1. The molecule has 0 bridgehead atoms. The summed E-state index contributed by atoms with van der Waals surface area (Å²) in [5.74, 6) is -0.621. The Morgan fingerprint density at radius 3 is 2.53 bits per heavy atom. The van der Waals surface area contributed by atoms with Crippen molar-refractivity contribution in [2.75, 3.05) is 18.5 Å². The molecule has 0 atom stereocenters. The van der Waals surface area contributed by atoms with Crippen molar-refractivity contribution in [2.45, 2.75) is 13.8 Å². The lowest BCUT2D eigenvalue weighted by Crippen LogP contribution is -2.36. The quantitative estimate of drug-likeness (QED) is 0.408. The first-order valence-corrected chi connectivity index (χ1v) is 11.8. The predicted molar refractivity (Wildman–Crippen MR) is 135 cm³/mol. The van der Waals surface area contributed by atoms with Gasteiger partial charge in [0.05, 0.1) is 17.1 Å². The maximum atomic E-state index is 12.8. The summed E-state index contributed by atoms with van der Waals surface area (Å²) < 4.78 is 11.2. The Balaban J connectivity index is 1.43. The number of aryl methyl sites for hydroxylation is 1. The average Bonchev–Trinajstić information content (AvgIpc) is 3.40. The van der Waals surface area contributed by atoms with Crippen LogP contribution in [0.2, 0.25) is 0 Å². The van der Waals surface area contributed by atoms with E-state index in [1.807, 2.05) is 6.92 Å². The third-order valence-corrected chi connectivity index (χ3v) is 6.17. The second-order valence-corrected chi connectivity index (χ2v) is 8.80. The molecule has 0 saturated carbocycles. The van der Waals surface area contributed by atoms with Gasteiger partial charge in [0.2, 0.25) is 5.91 Å². The number of carbonyl (C=O) groups excluding carboxylic acids is 3. The zero-order valence-corrected chi connectivity index (χ0v) is 20.3. The molecule has 0 aliphatic carbocycles. The van der Waals surface area contributed by atoms with E-state index in [1.54, 1.807) is 55.5 Å². The Morgan fingerprint density at radius 2 is 1.86 bits per heavy atom. The van der Waals surface area contributed by atoms with Crippen LogP contribution in [0.4, 0.5) is 10.5 Å². The number of aromatic carboxylic acids is 1. The smallest absolute Gasteiger partial charge is 0.335 e. The molecule has 1 saturated heterocycles. The van der Waals surface area contributed by atoms with Gasteiger partial charge in [-0.2, -0.15) is 0 Å². The highest BCUT2D eigenvalue weighted by Crippen LogP contribution is 2.34. The van der Waals surface area contributed by atoms with Gasteiger partial charge < -0.3 is 19.6 Å². The van der Waals surface area contributed by atoms with Crippen LogP contribution in [0.25, 0.3) is 17.4 Å². The molecule has 1 aliphatic rings. The molecule has 10 heteroatoms. The second kappa shape index (κ2) is 10.5. The third-order valence-electron chi connectivity index (χ3n) is 5.26. The lowest BCUT2D eigenvalue weighted by Gasteiger charge is -2.12. The zero-order chi connectivity index (χ0) is 25.8. The van der Waals surface area contributed by atoms with Crippen LogP contribution in [0.1, 0.15) is 28.6 Å². The number of carbonyl (C=O) groups is 4. The van der Waals surface area contributed by atoms with Crippen molar-refractivity contribution in [1.82, 2.24) is 4.90 Å². The van der Waals surface area contributed by atoms with Gasteiger partial charge in [0.25, 0.3) is 11.1 Å². The van der Waals surface area contributed by atoms with E-state index in [-0.39, 0.29) is 10.5 Å². The number of nitrogens with one attached hydrogen (secondary N) is 1. The minimum atomic E-state index is -1.02. The largest absolute Gasteiger partial charge is 0.494 e. The van der Waals surface area contributed by atoms with Gasteiger partial charge in [-0.05, 0) is 79.7 Å². The van der Waals surface area contributed by atoms with Crippen molar-refractivity contribution in [3.8, 4) is 17.1 Å². The summed E-state index contributed by atoms with van der Waals surface area (Å²) in [5.41, 5.74) is 2.11. The van der Waals surface area contributed by atoms with E-state index in [1.165, 1.54) is 12.1 Å². The lowest BCUT2D eigenvalue weighted by atomic mass is 10.0. The highest BCUT2D eigenvalue weighted by molar-refractivity contribution is 8.18. The molecule has 36 heavy (non-hydrogen) atoms. The average molecular weight is 507 g/mol.